The van der Waals surface area contributed by atoms with Gasteiger partial charge in [-0.1, -0.05) is 41.5 Å². The second-order valence-corrected chi connectivity index (χ2v) is 13.3. The minimum atomic E-state index is -0.260. The summed E-state index contributed by atoms with van der Waals surface area (Å²) in [6, 6.07) is 0. The molecule has 4 saturated carbocycles. The van der Waals surface area contributed by atoms with Crippen molar-refractivity contribution in [1.29, 1.82) is 0 Å². The third-order valence-corrected chi connectivity index (χ3v) is 11.8. The molecule has 5 rings (SSSR count). The molecule has 0 bridgehead atoms. The SMILES string of the molecule is CC(C)[C@H](C)C1OC1[C@@H](C)[C@H]1CC[C@H]2[C@@H]3CC(=O)[C@H]4C[C@@H](O)CC[C@]4(C)[C@H]3CC[C@]12C. The molecule has 12 atom stereocenters. The highest BCUT2D eigenvalue weighted by Crippen LogP contribution is 2.68. The number of ether oxygens (including phenoxy) is 1. The van der Waals surface area contributed by atoms with Crippen LogP contribution in [0.15, 0.2) is 0 Å². The number of rotatable bonds is 4. The van der Waals surface area contributed by atoms with Crippen molar-refractivity contribution in [3.8, 4) is 0 Å². The molecule has 31 heavy (non-hydrogen) atoms. The number of ketones is 1. The van der Waals surface area contributed by atoms with Crippen molar-refractivity contribution in [2.45, 2.75) is 111 Å². The first-order valence-corrected chi connectivity index (χ1v) is 13.4. The molecule has 3 nitrogen and oxygen atoms in total. The zero-order chi connectivity index (χ0) is 22.3. The van der Waals surface area contributed by atoms with Gasteiger partial charge in [-0.05, 0) is 97.2 Å². The molecule has 1 aliphatic heterocycles. The molecule has 3 heteroatoms. The average Bonchev–Trinajstić information content (AvgIpc) is 3.43. The van der Waals surface area contributed by atoms with Gasteiger partial charge in [0.2, 0.25) is 0 Å². The predicted octanol–water partition coefficient (Wildman–Crippen LogP) is 5.88. The van der Waals surface area contributed by atoms with Crippen molar-refractivity contribution in [3.05, 3.63) is 0 Å². The lowest BCUT2D eigenvalue weighted by atomic mass is 9.44. The smallest absolute Gasteiger partial charge is 0.136 e. The van der Waals surface area contributed by atoms with E-state index in [9.17, 15) is 9.90 Å². The number of epoxide rings is 1. The quantitative estimate of drug-likeness (QED) is 0.567. The van der Waals surface area contributed by atoms with Crippen LogP contribution in [-0.2, 0) is 9.53 Å². The fourth-order valence-corrected chi connectivity index (χ4v) is 9.51. The molecule has 0 aromatic carbocycles. The minimum absolute atomic E-state index is 0.108. The molecular weight excluding hydrogens is 384 g/mol. The summed E-state index contributed by atoms with van der Waals surface area (Å²) in [4.78, 5) is 13.3. The Hall–Kier alpha value is -0.410. The number of Topliss-reactive ketones (excluding diaryl/α,β-unsaturated/α-hetero) is 1. The number of hydrogen-bond donors (Lipinski definition) is 1. The van der Waals surface area contributed by atoms with Crippen molar-refractivity contribution < 1.29 is 14.6 Å². The van der Waals surface area contributed by atoms with Crippen LogP contribution in [0, 0.1) is 58.2 Å². The molecule has 0 radical (unpaired) electrons. The maximum atomic E-state index is 13.3. The van der Waals surface area contributed by atoms with Crippen molar-refractivity contribution in [2.75, 3.05) is 0 Å². The van der Waals surface area contributed by atoms with Crippen LogP contribution in [0.5, 0.6) is 0 Å². The number of carbonyl (C=O) groups excluding carboxylic acids is 1. The van der Waals surface area contributed by atoms with Crippen LogP contribution >= 0.6 is 0 Å². The van der Waals surface area contributed by atoms with Crippen molar-refractivity contribution >= 4 is 5.78 Å². The number of aliphatic hydroxyl groups is 1. The Balaban J connectivity index is 1.34. The van der Waals surface area contributed by atoms with E-state index in [0.717, 1.165) is 25.2 Å². The normalized spacial score (nSPS) is 53.5. The summed E-state index contributed by atoms with van der Waals surface area (Å²) < 4.78 is 6.28. The molecule has 0 aromatic heterocycles. The first kappa shape index (κ1) is 22.4. The highest BCUT2D eigenvalue weighted by atomic mass is 16.6. The van der Waals surface area contributed by atoms with Gasteiger partial charge < -0.3 is 9.84 Å². The average molecular weight is 431 g/mol. The van der Waals surface area contributed by atoms with Crippen LogP contribution < -0.4 is 0 Å². The molecule has 5 aliphatic rings. The van der Waals surface area contributed by atoms with E-state index in [-0.39, 0.29) is 17.4 Å². The van der Waals surface area contributed by atoms with Crippen LogP contribution in [0.2, 0.25) is 0 Å². The van der Waals surface area contributed by atoms with Crippen LogP contribution in [0.1, 0.15) is 92.9 Å². The molecule has 5 fully saturated rings. The fourth-order valence-electron chi connectivity index (χ4n) is 9.51. The van der Waals surface area contributed by atoms with Gasteiger partial charge in [0.15, 0.2) is 0 Å². The lowest BCUT2D eigenvalue weighted by Crippen LogP contribution is -2.57. The van der Waals surface area contributed by atoms with Gasteiger partial charge in [0.1, 0.15) is 5.78 Å². The summed E-state index contributed by atoms with van der Waals surface area (Å²) in [6.45, 7) is 14.5. The Morgan fingerprint density at radius 3 is 2.32 bits per heavy atom. The van der Waals surface area contributed by atoms with Gasteiger partial charge in [-0.15, -0.1) is 0 Å². The Bertz CT molecular complexity index is 717. The Morgan fingerprint density at radius 1 is 0.935 bits per heavy atom. The van der Waals surface area contributed by atoms with E-state index >= 15 is 0 Å². The van der Waals surface area contributed by atoms with Crippen LogP contribution in [0.4, 0.5) is 0 Å². The van der Waals surface area contributed by atoms with Crippen LogP contribution in [-0.4, -0.2) is 29.2 Å². The fraction of sp³-hybridized carbons (Fsp3) is 0.964. The summed E-state index contributed by atoms with van der Waals surface area (Å²) in [5, 5.41) is 10.3. The molecule has 1 saturated heterocycles. The maximum absolute atomic E-state index is 13.3. The zero-order valence-electron chi connectivity index (χ0n) is 20.8. The highest BCUT2D eigenvalue weighted by molar-refractivity contribution is 5.83. The number of carbonyl (C=O) groups is 1. The van der Waals surface area contributed by atoms with Gasteiger partial charge in [0.05, 0.1) is 18.3 Å². The summed E-state index contributed by atoms with van der Waals surface area (Å²) in [6.07, 6.45) is 9.31. The molecule has 1 heterocycles. The van der Waals surface area contributed by atoms with E-state index < -0.39 is 0 Å². The van der Waals surface area contributed by atoms with E-state index in [2.05, 4.69) is 41.5 Å². The number of fused-ring (bicyclic) bond motifs is 5. The summed E-state index contributed by atoms with van der Waals surface area (Å²) in [5.74, 6) is 5.23. The van der Waals surface area contributed by atoms with Gasteiger partial charge in [-0.2, -0.15) is 0 Å². The predicted molar refractivity (Wildman–Crippen MR) is 123 cm³/mol. The Kier molecular flexibility index (Phi) is 5.45. The van der Waals surface area contributed by atoms with Crippen molar-refractivity contribution in [3.63, 3.8) is 0 Å². The number of hydrogen-bond acceptors (Lipinski definition) is 3. The molecule has 0 spiro atoms. The summed E-state index contributed by atoms with van der Waals surface area (Å²) in [7, 11) is 0. The van der Waals surface area contributed by atoms with E-state index in [4.69, 9.17) is 4.74 Å². The zero-order valence-corrected chi connectivity index (χ0v) is 20.8. The molecule has 1 N–H and O–H groups in total. The van der Waals surface area contributed by atoms with Gasteiger partial charge >= 0.3 is 0 Å². The second kappa shape index (κ2) is 7.55. The van der Waals surface area contributed by atoms with Gasteiger partial charge in [0, 0.05) is 12.3 Å². The van der Waals surface area contributed by atoms with Crippen LogP contribution in [0.25, 0.3) is 0 Å². The van der Waals surface area contributed by atoms with Crippen molar-refractivity contribution in [2.24, 2.45) is 58.2 Å². The van der Waals surface area contributed by atoms with E-state index in [0.29, 0.717) is 65.3 Å². The van der Waals surface area contributed by atoms with Gasteiger partial charge in [-0.25, -0.2) is 0 Å². The van der Waals surface area contributed by atoms with Crippen molar-refractivity contribution in [1.82, 2.24) is 0 Å². The molecule has 176 valence electrons. The standard InChI is InChI=1S/C28H46O3/c1-15(2)16(3)25-26(31-25)17(4)20-7-8-21-19-14-24(30)23-13-18(29)9-11-28(23,6)22(19)10-12-27(20,21)5/h15-23,25-26,29H,7-14H2,1-6H3/t16-,17-,18-,19-,20+,21-,22-,23+,25?,26?,27+,28+/m0/s1. The maximum Gasteiger partial charge on any atom is 0.136 e. The van der Waals surface area contributed by atoms with Crippen LogP contribution in [0.3, 0.4) is 0 Å². The largest absolute Gasteiger partial charge is 0.393 e. The molecule has 0 aromatic rings. The van der Waals surface area contributed by atoms with E-state index in [1.165, 1.54) is 25.7 Å². The Morgan fingerprint density at radius 2 is 1.61 bits per heavy atom. The van der Waals surface area contributed by atoms with Gasteiger partial charge in [0.25, 0.3) is 0 Å². The minimum Gasteiger partial charge on any atom is -0.393 e. The summed E-state index contributed by atoms with van der Waals surface area (Å²) >= 11 is 0. The molecule has 4 aliphatic carbocycles. The third kappa shape index (κ3) is 3.30. The first-order valence-electron chi connectivity index (χ1n) is 13.4. The van der Waals surface area contributed by atoms with E-state index in [1.54, 1.807) is 0 Å². The summed E-state index contributed by atoms with van der Waals surface area (Å²) in [5.41, 5.74) is 0.497. The second-order valence-electron chi connectivity index (χ2n) is 13.3. The Labute approximate surface area is 190 Å². The third-order valence-electron chi connectivity index (χ3n) is 11.8. The molecule has 2 unspecified atom stereocenters. The van der Waals surface area contributed by atoms with E-state index in [1.807, 2.05) is 0 Å². The lowest BCUT2D eigenvalue weighted by Gasteiger charge is -2.60. The lowest BCUT2D eigenvalue weighted by molar-refractivity contribution is -0.160. The first-order chi connectivity index (χ1) is 14.6. The van der Waals surface area contributed by atoms with Gasteiger partial charge in [-0.3, -0.25) is 4.79 Å². The number of aliphatic hydroxyl groups excluding tert-OH is 1. The molecule has 0 amide bonds. The molecular formula is C28H46O3. The topological polar surface area (TPSA) is 49.8 Å². The monoisotopic (exact) mass is 430 g/mol. The highest BCUT2D eigenvalue weighted by Gasteiger charge is 2.64.